The van der Waals surface area contributed by atoms with Crippen LogP contribution in [0.1, 0.15) is 51.2 Å². The molecule has 1 fully saturated rings. The maximum Gasteiger partial charge on any atom is 0.0723 e. The molecule has 19 heavy (non-hydrogen) atoms. The number of benzene rings is 1. The summed E-state index contributed by atoms with van der Waals surface area (Å²) in [5, 5.41) is 0. The lowest BCUT2D eigenvalue weighted by Gasteiger charge is -2.38. The molecule has 2 nitrogen and oxygen atoms in total. The lowest BCUT2D eigenvalue weighted by Crippen LogP contribution is -2.32. The van der Waals surface area contributed by atoms with Crippen molar-refractivity contribution in [1.82, 2.24) is 0 Å². The molecule has 0 aliphatic heterocycles. The fourth-order valence-electron chi connectivity index (χ4n) is 3.45. The highest BCUT2D eigenvalue weighted by molar-refractivity contribution is 5.49. The highest BCUT2D eigenvalue weighted by Gasteiger charge is 2.32. The Morgan fingerprint density at radius 3 is 2.74 bits per heavy atom. The number of anilines is 1. The van der Waals surface area contributed by atoms with Crippen molar-refractivity contribution >= 4 is 5.69 Å². The van der Waals surface area contributed by atoms with Crippen molar-refractivity contribution in [2.24, 2.45) is 11.3 Å². The van der Waals surface area contributed by atoms with Gasteiger partial charge in [-0.3, -0.25) is 0 Å². The molecule has 2 heteroatoms. The molecule has 0 radical (unpaired) electrons. The van der Waals surface area contributed by atoms with E-state index in [1.54, 1.807) is 0 Å². The number of nitrogens with two attached hydrogens (primary N) is 1. The van der Waals surface area contributed by atoms with Crippen LogP contribution in [0.25, 0.3) is 0 Å². The van der Waals surface area contributed by atoms with Gasteiger partial charge in [-0.15, -0.1) is 0 Å². The van der Waals surface area contributed by atoms with Gasteiger partial charge in [-0.1, -0.05) is 32.9 Å². The van der Waals surface area contributed by atoms with Gasteiger partial charge >= 0.3 is 0 Å². The fourth-order valence-corrected chi connectivity index (χ4v) is 3.45. The second kappa shape index (κ2) is 5.54. The summed E-state index contributed by atoms with van der Waals surface area (Å²) < 4.78 is 6.16. The number of hydrogen-bond acceptors (Lipinski definition) is 2. The molecule has 2 N–H and O–H groups in total. The molecule has 1 aliphatic rings. The first-order valence-corrected chi connectivity index (χ1v) is 7.33. The van der Waals surface area contributed by atoms with Crippen LogP contribution in [0.4, 0.5) is 5.69 Å². The summed E-state index contributed by atoms with van der Waals surface area (Å²) in [6, 6.07) is 6.07. The number of rotatable bonds is 3. The van der Waals surface area contributed by atoms with Crippen LogP contribution in [-0.4, -0.2) is 6.10 Å². The zero-order valence-corrected chi connectivity index (χ0v) is 12.7. The van der Waals surface area contributed by atoms with Crippen molar-refractivity contribution in [2.75, 3.05) is 5.73 Å². The van der Waals surface area contributed by atoms with Crippen molar-refractivity contribution in [3.63, 3.8) is 0 Å². The van der Waals surface area contributed by atoms with Gasteiger partial charge in [0.2, 0.25) is 0 Å². The van der Waals surface area contributed by atoms with E-state index in [-0.39, 0.29) is 0 Å². The van der Waals surface area contributed by atoms with Crippen LogP contribution < -0.4 is 5.73 Å². The Balaban J connectivity index is 1.97. The first-order valence-electron chi connectivity index (χ1n) is 7.33. The molecule has 2 rings (SSSR count). The molecular formula is C17H27NO. The van der Waals surface area contributed by atoms with E-state index in [2.05, 4.69) is 33.8 Å². The van der Waals surface area contributed by atoms with Gasteiger partial charge in [0.05, 0.1) is 12.7 Å². The van der Waals surface area contributed by atoms with Crippen molar-refractivity contribution in [1.29, 1.82) is 0 Å². The summed E-state index contributed by atoms with van der Waals surface area (Å²) >= 11 is 0. The van der Waals surface area contributed by atoms with Gasteiger partial charge in [0.1, 0.15) is 0 Å². The van der Waals surface area contributed by atoms with Crippen LogP contribution in [0.15, 0.2) is 18.2 Å². The summed E-state index contributed by atoms with van der Waals surface area (Å²) in [7, 11) is 0. The molecule has 0 saturated heterocycles. The highest BCUT2D eigenvalue weighted by Crippen LogP contribution is 2.40. The third kappa shape index (κ3) is 3.73. The molecule has 2 atom stereocenters. The average molecular weight is 261 g/mol. The van der Waals surface area contributed by atoms with Crippen molar-refractivity contribution in [2.45, 2.75) is 59.7 Å². The molecule has 2 unspecified atom stereocenters. The normalized spacial score (nSPS) is 26.3. The Morgan fingerprint density at radius 2 is 2.05 bits per heavy atom. The highest BCUT2D eigenvalue weighted by atomic mass is 16.5. The van der Waals surface area contributed by atoms with Crippen LogP contribution in [0, 0.1) is 18.3 Å². The first-order chi connectivity index (χ1) is 8.87. The Kier molecular flexibility index (Phi) is 4.19. The Labute approximate surface area is 117 Å². The van der Waals surface area contributed by atoms with Crippen LogP contribution >= 0.6 is 0 Å². The lowest BCUT2D eigenvalue weighted by molar-refractivity contribution is -0.0317. The van der Waals surface area contributed by atoms with Gasteiger partial charge in [0.15, 0.2) is 0 Å². The number of nitrogen functional groups attached to an aromatic ring is 1. The van der Waals surface area contributed by atoms with Crippen LogP contribution in [0.5, 0.6) is 0 Å². The molecular weight excluding hydrogens is 234 g/mol. The van der Waals surface area contributed by atoms with Gasteiger partial charge in [-0.25, -0.2) is 0 Å². The topological polar surface area (TPSA) is 35.2 Å². The van der Waals surface area contributed by atoms with E-state index < -0.39 is 0 Å². The van der Waals surface area contributed by atoms with E-state index >= 15 is 0 Å². The second-order valence-electron chi connectivity index (χ2n) is 6.98. The summed E-state index contributed by atoms with van der Waals surface area (Å²) in [6.07, 6.45) is 4.05. The van der Waals surface area contributed by atoms with Crippen LogP contribution in [0.3, 0.4) is 0 Å². The number of hydrogen-bond donors (Lipinski definition) is 1. The molecule has 1 aromatic carbocycles. The summed E-state index contributed by atoms with van der Waals surface area (Å²) in [6.45, 7) is 9.80. The van der Waals surface area contributed by atoms with Gasteiger partial charge in [0.25, 0.3) is 0 Å². The predicted octanol–water partition coefficient (Wildman–Crippen LogP) is 4.31. The summed E-state index contributed by atoms with van der Waals surface area (Å²) in [5.74, 6) is 0.760. The molecule has 106 valence electrons. The van der Waals surface area contributed by atoms with Crippen molar-refractivity contribution in [3.05, 3.63) is 29.3 Å². The lowest BCUT2D eigenvalue weighted by atomic mass is 9.71. The maximum absolute atomic E-state index is 6.16. The minimum atomic E-state index is 0.389. The molecule has 0 heterocycles. The smallest absolute Gasteiger partial charge is 0.0723 e. The molecule has 1 aliphatic carbocycles. The van der Waals surface area contributed by atoms with Crippen LogP contribution in [0.2, 0.25) is 0 Å². The third-order valence-electron chi connectivity index (χ3n) is 4.31. The van der Waals surface area contributed by atoms with Gasteiger partial charge in [0, 0.05) is 5.69 Å². The van der Waals surface area contributed by atoms with E-state index in [9.17, 15) is 0 Å². The molecule has 1 aromatic rings. The van der Waals surface area contributed by atoms with Gasteiger partial charge in [-0.05, 0) is 54.7 Å². The van der Waals surface area contributed by atoms with E-state index in [1.807, 2.05) is 12.1 Å². The van der Waals surface area contributed by atoms with E-state index in [4.69, 9.17) is 10.5 Å². The molecule has 0 amide bonds. The minimum absolute atomic E-state index is 0.389. The van der Waals surface area contributed by atoms with Crippen molar-refractivity contribution in [3.8, 4) is 0 Å². The van der Waals surface area contributed by atoms with E-state index in [1.165, 1.54) is 24.8 Å². The zero-order valence-electron chi connectivity index (χ0n) is 12.7. The summed E-state index contributed by atoms with van der Waals surface area (Å²) in [5.41, 5.74) is 9.58. The fraction of sp³-hybridized carbons (Fsp3) is 0.647. The molecule has 0 aromatic heterocycles. The quantitative estimate of drug-likeness (QED) is 0.823. The Bertz CT molecular complexity index is 439. The Morgan fingerprint density at radius 1 is 1.32 bits per heavy atom. The molecule has 0 bridgehead atoms. The predicted molar refractivity (Wildman–Crippen MR) is 81.0 cm³/mol. The number of ether oxygens (including phenoxy) is 1. The largest absolute Gasteiger partial charge is 0.399 e. The second-order valence-corrected chi connectivity index (χ2v) is 6.98. The molecule has 1 saturated carbocycles. The van der Waals surface area contributed by atoms with E-state index in [0.29, 0.717) is 18.1 Å². The maximum atomic E-state index is 6.16. The van der Waals surface area contributed by atoms with E-state index in [0.717, 1.165) is 17.2 Å². The minimum Gasteiger partial charge on any atom is -0.399 e. The summed E-state index contributed by atoms with van der Waals surface area (Å²) in [4.78, 5) is 0. The van der Waals surface area contributed by atoms with Crippen molar-refractivity contribution < 1.29 is 4.74 Å². The SMILES string of the molecule is Cc1c(N)cccc1COC1CC(C)CC(C)(C)C1. The van der Waals surface area contributed by atoms with Crippen LogP contribution in [-0.2, 0) is 11.3 Å². The average Bonchev–Trinajstić information content (AvgIpc) is 2.28. The molecule has 0 spiro atoms. The monoisotopic (exact) mass is 261 g/mol. The Hall–Kier alpha value is -1.02. The standard InChI is InChI=1S/C17H27NO/c1-12-8-15(10-17(3,4)9-12)19-11-14-6-5-7-16(18)13(14)2/h5-7,12,15H,8-11,18H2,1-4H3. The first kappa shape index (κ1) is 14.4. The van der Waals surface area contributed by atoms with Gasteiger partial charge < -0.3 is 10.5 Å². The zero-order chi connectivity index (χ0) is 14.0. The third-order valence-corrected chi connectivity index (χ3v) is 4.31. The van der Waals surface area contributed by atoms with Gasteiger partial charge in [-0.2, -0.15) is 0 Å².